The van der Waals surface area contributed by atoms with Gasteiger partial charge in [0.2, 0.25) is 11.5 Å². The number of alkyl halides is 3. The highest BCUT2D eigenvalue weighted by Crippen LogP contribution is 2.37. The molecule has 3 aromatic rings. The minimum Gasteiger partial charge on any atom is -0.372 e. The maximum atomic E-state index is 15.8. The predicted molar refractivity (Wildman–Crippen MR) is 159 cm³/mol. The molecule has 5 rings (SSSR count). The molecule has 44 heavy (non-hydrogen) atoms. The number of ether oxygens (including phenoxy) is 1. The van der Waals surface area contributed by atoms with Crippen molar-refractivity contribution in [2.45, 2.75) is 58.2 Å². The summed E-state index contributed by atoms with van der Waals surface area (Å²) in [5, 5.41) is 2.56. The van der Waals surface area contributed by atoms with Crippen LogP contribution < -0.4 is 20.7 Å². The Labute approximate surface area is 252 Å². The van der Waals surface area contributed by atoms with Gasteiger partial charge in [-0.3, -0.25) is 14.5 Å². The fourth-order valence-electron chi connectivity index (χ4n) is 5.80. The summed E-state index contributed by atoms with van der Waals surface area (Å²) >= 11 is 0. The number of morpholine rings is 1. The van der Waals surface area contributed by atoms with Crippen molar-refractivity contribution in [3.05, 3.63) is 64.1 Å². The molecule has 4 atom stereocenters. The van der Waals surface area contributed by atoms with E-state index in [4.69, 9.17) is 4.74 Å². The fraction of sp³-hybridized carbons (Fsp3) is 0.467. The first-order valence-electron chi connectivity index (χ1n) is 14.4. The van der Waals surface area contributed by atoms with Gasteiger partial charge in [-0.05, 0) is 46.9 Å². The van der Waals surface area contributed by atoms with Gasteiger partial charge in [0.05, 0.1) is 34.7 Å². The Morgan fingerprint density at radius 2 is 1.59 bits per heavy atom. The normalized spacial score (nSPS) is 23.1. The van der Waals surface area contributed by atoms with Gasteiger partial charge in [0.15, 0.2) is 0 Å². The number of carbonyl (C=O) groups excluding carboxylic acids is 1. The molecule has 0 spiro atoms. The maximum Gasteiger partial charge on any atom is 0.417 e. The topological polar surface area (TPSA) is 107 Å². The van der Waals surface area contributed by atoms with Crippen molar-refractivity contribution in [3.8, 4) is 11.1 Å². The lowest BCUT2D eigenvalue weighted by Crippen LogP contribution is -2.55. The van der Waals surface area contributed by atoms with E-state index in [1.54, 1.807) is 0 Å². The van der Waals surface area contributed by atoms with Crippen LogP contribution in [0.3, 0.4) is 0 Å². The van der Waals surface area contributed by atoms with E-state index in [1.165, 1.54) is 24.5 Å². The van der Waals surface area contributed by atoms with Gasteiger partial charge in [0.1, 0.15) is 5.82 Å². The molecule has 10 nitrogen and oxygen atoms in total. The van der Waals surface area contributed by atoms with Gasteiger partial charge in [-0.25, -0.2) is 14.4 Å². The number of anilines is 3. The molecule has 0 saturated carbocycles. The van der Waals surface area contributed by atoms with E-state index in [0.29, 0.717) is 49.4 Å². The zero-order valence-electron chi connectivity index (χ0n) is 25.1. The number of carbonyl (C=O) groups is 1. The number of aromatic amines is 1. The smallest absolute Gasteiger partial charge is 0.372 e. The number of nitrogens with one attached hydrogen (secondary N) is 2. The summed E-state index contributed by atoms with van der Waals surface area (Å²) < 4.78 is 62.8. The molecule has 2 aliphatic heterocycles. The molecule has 4 unspecified atom stereocenters. The Morgan fingerprint density at radius 3 is 2.18 bits per heavy atom. The van der Waals surface area contributed by atoms with Gasteiger partial charge in [-0.1, -0.05) is 0 Å². The number of H-pyrrole nitrogens is 1. The molecule has 0 bridgehead atoms. The van der Waals surface area contributed by atoms with Gasteiger partial charge in [-0.15, -0.1) is 0 Å². The van der Waals surface area contributed by atoms with Crippen molar-refractivity contribution in [1.82, 2.24) is 19.9 Å². The summed E-state index contributed by atoms with van der Waals surface area (Å²) in [5.74, 6) is -1.26. The first-order chi connectivity index (χ1) is 20.7. The minimum atomic E-state index is -4.95. The largest absolute Gasteiger partial charge is 0.417 e. The highest BCUT2D eigenvalue weighted by atomic mass is 19.4. The summed E-state index contributed by atoms with van der Waals surface area (Å²) in [7, 11) is 1.98. The maximum absolute atomic E-state index is 15.8. The Hall–Kier alpha value is -4.04. The van der Waals surface area contributed by atoms with E-state index < -0.39 is 34.6 Å². The van der Waals surface area contributed by atoms with Crippen molar-refractivity contribution in [2.24, 2.45) is 0 Å². The van der Waals surface area contributed by atoms with Gasteiger partial charge in [-0.2, -0.15) is 13.2 Å². The van der Waals surface area contributed by atoms with Crippen molar-refractivity contribution in [3.63, 3.8) is 0 Å². The average molecular weight is 618 g/mol. The molecule has 2 aromatic heterocycles. The molecular weight excluding hydrogens is 582 g/mol. The minimum absolute atomic E-state index is 0.0153. The second-order valence-electron chi connectivity index (χ2n) is 11.6. The third-order valence-electron chi connectivity index (χ3n) is 8.16. The third kappa shape index (κ3) is 6.55. The first-order valence-corrected chi connectivity index (χ1v) is 14.4. The van der Waals surface area contributed by atoms with Crippen LogP contribution in [0.15, 0.2) is 41.6 Å². The highest BCUT2D eigenvalue weighted by molar-refractivity contribution is 6.07. The highest BCUT2D eigenvalue weighted by Gasteiger charge is 2.36. The Morgan fingerprint density at radius 1 is 0.977 bits per heavy atom. The molecule has 14 heteroatoms. The Balaban J connectivity index is 1.54. The van der Waals surface area contributed by atoms with Gasteiger partial charge < -0.3 is 24.8 Å². The number of hydrogen-bond donors (Lipinski definition) is 2. The number of rotatable bonds is 5. The number of hydrogen-bond acceptors (Lipinski definition) is 8. The van der Waals surface area contributed by atoms with Crippen LogP contribution in [-0.4, -0.2) is 83.3 Å². The fourth-order valence-corrected chi connectivity index (χ4v) is 5.80. The van der Waals surface area contributed by atoms with E-state index in [1.807, 2.05) is 44.5 Å². The lowest BCUT2D eigenvalue weighted by molar-refractivity contribution is -0.138. The van der Waals surface area contributed by atoms with E-state index in [0.717, 1.165) is 6.20 Å². The SMILES string of the molecule is CC1CN(c2ncc(-c3cc(NC(=O)c4c[nH]c(=O)cc4C(F)(F)F)c(N4CC(C)N(C)C(C)C4)cc3F)cn2)CC(C)O1. The van der Waals surface area contributed by atoms with E-state index in [9.17, 15) is 22.8 Å². The second-order valence-corrected chi connectivity index (χ2v) is 11.6. The zero-order valence-corrected chi connectivity index (χ0v) is 25.1. The molecule has 0 radical (unpaired) electrons. The number of halogens is 4. The van der Waals surface area contributed by atoms with E-state index in [-0.39, 0.29) is 35.5 Å². The lowest BCUT2D eigenvalue weighted by atomic mass is 10.0. The number of piperazine rings is 1. The van der Waals surface area contributed by atoms with Crippen LogP contribution in [0.25, 0.3) is 11.1 Å². The number of aromatic nitrogens is 3. The number of nitrogens with zero attached hydrogens (tertiary/aromatic N) is 5. The third-order valence-corrected chi connectivity index (χ3v) is 8.16. The van der Waals surface area contributed by atoms with Crippen LogP contribution in [-0.2, 0) is 10.9 Å². The molecule has 236 valence electrons. The molecule has 4 heterocycles. The predicted octanol–water partition coefficient (Wildman–Crippen LogP) is 4.38. The van der Waals surface area contributed by atoms with Crippen molar-refractivity contribution in [2.75, 3.05) is 48.3 Å². The molecule has 2 fully saturated rings. The van der Waals surface area contributed by atoms with E-state index >= 15 is 4.39 Å². The lowest BCUT2D eigenvalue weighted by Gasteiger charge is -2.44. The van der Waals surface area contributed by atoms with Crippen LogP contribution in [0, 0.1) is 5.82 Å². The Kier molecular flexibility index (Phi) is 8.67. The van der Waals surface area contributed by atoms with Gasteiger partial charge in [0, 0.05) is 74.0 Å². The Bertz CT molecular complexity index is 1560. The molecule has 1 amide bonds. The summed E-state index contributed by atoms with van der Waals surface area (Å²) in [4.78, 5) is 42.0. The van der Waals surface area contributed by atoms with Crippen LogP contribution in [0.1, 0.15) is 43.6 Å². The quantitative estimate of drug-likeness (QED) is 0.407. The molecule has 2 saturated heterocycles. The number of benzene rings is 1. The number of amides is 1. The summed E-state index contributed by atoms with van der Waals surface area (Å²) in [6.07, 6.45) is -1.31. The van der Waals surface area contributed by atoms with Gasteiger partial charge >= 0.3 is 6.18 Å². The standard InChI is InChI=1S/C30H35F4N7O3/c1-16-12-40(13-17(2)39(16)5)26-8-24(31)21(20-9-36-29(37-10-20)41-14-18(3)44-19(4)15-41)6-25(26)38-28(43)22-11-35-27(42)7-23(22)30(32,33)34/h6-11,16-19H,12-15H2,1-5H3,(H,35,42)(H,38,43). The monoisotopic (exact) mass is 617 g/mol. The van der Waals surface area contributed by atoms with Crippen molar-refractivity contribution >= 4 is 23.2 Å². The van der Waals surface area contributed by atoms with Crippen molar-refractivity contribution < 1.29 is 27.1 Å². The van der Waals surface area contributed by atoms with Crippen LogP contribution in [0.5, 0.6) is 0 Å². The van der Waals surface area contributed by atoms with Gasteiger partial charge in [0.25, 0.3) is 5.91 Å². The molecule has 0 aliphatic carbocycles. The second kappa shape index (κ2) is 12.2. The summed E-state index contributed by atoms with van der Waals surface area (Å²) in [6.45, 7) is 10.1. The zero-order chi connectivity index (χ0) is 31.9. The number of likely N-dealkylation sites (N-methyl/N-ethyl adjacent to an activating group) is 1. The molecule has 2 aliphatic rings. The average Bonchev–Trinajstić information content (AvgIpc) is 2.95. The molecular formula is C30H35F4N7O3. The van der Waals surface area contributed by atoms with Crippen molar-refractivity contribution in [1.29, 1.82) is 0 Å². The summed E-state index contributed by atoms with van der Waals surface area (Å²) in [6, 6.07) is 3.14. The molecule has 2 N–H and O–H groups in total. The van der Waals surface area contributed by atoms with Crippen LogP contribution in [0.2, 0.25) is 0 Å². The number of pyridine rings is 1. The van der Waals surface area contributed by atoms with Crippen LogP contribution in [0.4, 0.5) is 34.9 Å². The summed E-state index contributed by atoms with van der Waals surface area (Å²) in [5.41, 5.74) is -2.33. The van der Waals surface area contributed by atoms with E-state index in [2.05, 4.69) is 25.2 Å². The molecule has 1 aromatic carbocycles. The first kappa shape index (κ1) is 31.4. The van der Waals surface area contributed by atoms with Crippen LogP contribution >= 0.6 is 0 Å².